The average Bonchev–Trinajstić information content (AvgIpc) is 2.39. The molecule has 1 saturated carbocycles. The Morgan fingerprint density at radius 2 is 2.23 bits per heavy atom. The van der Waals surface area contributed by atoms with Crippen LogP contribution in [0.25, 0.3) is 0 Å². The van der Waals surface area contributed by atoms with Gasteiger partial charge in [0.2, 0.25) is 0 Å². The molecule has 1 aromatic heterocycles. The minimum absolute atomic E-state index is 0.477. The van der Waals surface area contributed by atoms with E-state index < -0.39 is 0 Å². The van der Waals surface area contributed by atoms with Gasteiger partial charge in [-0.05, 0) is 23.3 Å². The van der Waals surface area contributed by atoms with Crippen LogP contribution in [0.2, 0.25) is 0 Å². The summed E-state index contributed by atoms with van der Waals surface area (Å²) in [4.78, 5) is 0. The zero-order chi connectivity index (χ0) is 9.22. The maximum atomic E-state index is 4.31. The maximum Gasteiger partial charge on any atom is 0.0492 e. The molecule has 0 aromatic carbocycles. The van der Waals surface area contributed by atoms with Crippen molar-refractivity contribution in [1.29, 1.82) is 0 Å². The number of rotatable bonds is 0. The topological polar surface area (TPSA) is 17.8 Å². The highest BCUT2D eigenvalue weighted by Gasteiger charge is 2.60. The second-order valence-electron chi connectivity index (χ2n) is 5.52. The Hall–Kier alpha value is -0.790. The van der Waals surface area contributed by atoms with Crippen LogP contribution < -0.4 is 0 Å². The molecule has 2 heteroatoms. The lowest BCUT2D eigenvalue weighted by Crippen LogP contribution is -2.15. The molecule has 1 aliphatic heterocycles. The van der Waals surface area contributed by atoms with Crippen LogP contribution in [0.3, 0.4) is 0 Å². The van der Waals surface area contributed by atoms with Gasteiger partial charge in [-0.15, -0.1) is 0 Å². The molecule has 3 rings (SSSR count). The molecule has 70 valence electrons. The normalized spacial score (nSPS) is 35.8. The molecule has 1 aromatic rings. The molecule has 0 radical (unpaired) electrons. The van der Waals surface area contributed by atoms with E-state index in [-0.39, 0.29) is 0 Å². The van der Waals surface area contributed by atoms with Crippen LogP contribution in [0.4, 0.5) is 0 Å². The van der Waals surface area contributed by atoms with Gasteiger partial charge in [-0.3, -0.25) is 4.68 Å². The first-order chi connectivity index (χ1) is 6.09. The fourth-order valence-electron chi connectivity index (χ4n) is 3.16. The van der Waals surface area contributed by atoms with E-state index in [1.54, 1.807) is 0 Å². The quantitative estimate of drug-likeness (QED) is 0.593. The van der Waals surface area contributed by atoms with Crippen LogP contribution in [0, 0.1) is 17.3 Å². The van der Waals surface area contributed by atoms with Crippen molar-refractivity contribution in [3.05, 3.63) is 18.0 Å². The van der Waals surface area contributed by atoms with E-state index in [1.807, 2.05) is 6.20 Å². The second kappa shape index (κ2) is 1.99. The lowest BCUT2D eigenvalue weighted by Gasteiger charge is -2.20. The first-order valence-corrected chi connectivity index (χ1v) is 5.11. The fourth-order valence-corrected chi connectivity index (χ4v) is 3.16. The van der Waals surface area contributed by atoms with Crippen molar-refractivity contribution in [2.75, 3.05) is 0 Å². The molecule has 0 saturated heterocycles. The molecule has 2 aliphatic rings. The molecular formula is C11H16N2. The second-order valence-corrected chi connectivity index (χ2v) is 5.52. The molecule has 2 nitrogen and oxygen atoms in total. The van der Waals surface area contributed by atoms with E-state index in [0.717, 1.165) is 24.3 Å². The minimum atomic E-state index is 0.477. The molecule has 1 fully saturated rings. The van der Waals surface area contributed by atoms with Crippen molar-refractivity contribution >= 4 is 0 Å². The third kappa shape index (κ3) is 0.862. The number of nitrogens with zero attached hydrogens (tertiary/aromatic N) is 2. The predicted molar refractivity (Wildman–Crippen MR) is 51.4 cm³/mol. The number of hydrogen-bond donors (Lipinski definition) is 0. The standard InChI is InChI=1S/C11H16N2/c1-11(2,3)10-7-6-13-8(9(7)10)4-5-12-13/h4-5,7,9-10H,6H2,1-3H3. The highest BCUT2D eigenvalue weighted by Crippen LogP contribution is 2.65. The summed E-state index contributed by atoms with van der Waals surface area (Å²) in [7, 11) is 0. The molecule has 0 spiro atoms. The summed E-state index contributed by atoms with van der Waals surface area (Å²) in [6, 6.07) is 2.19. The number of aromatic nitrogens is 2. The van der Waals surface area contributed by atoms with E-state index in [0.29, 0.717) is 5.41 Å². The van der Waals surface area contributed by atoms with Gasteiger partial charge in [0.1, 0.15) is 0 Å². The van der Waals surface area contributed by atoms with Gasteiger partial charge in [-0.1, -0.05) is 20.8 Å². The van der Waals surface area contributed by atoms with Crippen molar-refractivity contribution in [2.24, 2.45) is 17.3 Å². The van der Waals surface area contributed by atoms with E-state index in [1.165, 1.54) is 5.69 Å². The third-order valence-corrected chi connectivity index (χ3v) is 3.64. The van der Waals surface area contributed by atoms with Gasteiger partial charge < -0.3 is 0 Å². The molecule has 1 aliphatic carbocycles. The zero-order valence-electron chi connectivity index (χ0n) is 8.49. The van der Waals surface area contributed by atoms with Crippen molar-refractivity contribution in [2.45, 2.75) is 33.2 Å². The molecule has 3 unspecified atom stereocenters. The first-order valence-electron chi connectivity index (χ1n) is 5.11. The van der Waals surface area contributed by atoms with Crippen LogP contribution in [-0.2, 0) is 6.54 Å². The summed E-state index contributed by atoms with van der Waals surface area (Å²) in [6.07, 6.45) is 1.93. The van der Waals surface area contributed by atoms with Crippen molar-refractivity contribution < 1.29 is 0 Å². The largest absolute Gasteiger partial charge is 0.269 e. The smallest absolute Gasteiger partial charge is 0.0492 e. The fraction of sp³-hybridized carbons (Fsp3) is 0.727. The van der Waals surface area contributed by atoms with Crippen LogP contribution >= 0.6 is 0 Å². The zero-order valence-corrected chi connectivity index (χ0v) is 8.49. The van der Waals surface area contributed by atoms with Crippen molar-refractivity contribution in [1.82, 2.24) is 9.78 Å². The monoisotopic (exact) mass is 176 g/mol. The third-order valence-electron chi connectivity index (χ3n) is 3.64. The Kier molecular flexibility index (Phi) is 1.17. The van der Waals surface area contributed by atoms with E-state index in [9.17, 15) is 0 Å². The van der Waals surface area contributed by atoms with Crippen LogP contribution in [0.15, 0.2) is 12.3 Å². The lowest BCUT2D eigenvalue weighted by atomic mass is 9.87. The Balaban J connectivity index is 1.93. The van der Waals surface area contributed by atoms with Gasteiger partial charge >= 0.3 is 0 Å². The average molecular weight is 176 g/mol. The van der Waals surface area contributed by atoms with Crippen LogP contribution in [0.1, 0.15) is 32.4 Å². The Morgan fingerprint density at radius 3 is 2.92 bits per heavy atom. The highest BCUT2D eigenvalue weighted by atomic mass is 15.3. The molecular weight excluding hydrogens is 160 g/mol. The molecule has 0 N–H and O–H groups in total. The van der Waals surface area contributed by atoms with E-state index >= 15 is 0 Å². The summed E-state index contributed by atoms with van der Waals surface area (Å²) >= 11 is 0. The number of hydrogen-bond acceptors (Lipinski definition) is 1. The van der Waals surface area contributed by atoms with Crippen LogP contribution in [-0.4, -0.2) is 9.78 Å². The lowest BCUT2D eigenvalue weighted by molar-refractivity contribution is 0.305. The van der Waals surface area contributed by atoms with Gasteiger partial charge in [0.15, 0.2) is 0 Å². The van der Waals surface area contributed by atoms with Gasteiger partial charge in [0, 0.05) is 24.4 Å². The summed E-state index contributed by atoms with van der Waals surface area (Å²) in [5.41, 5.74) is 1.95. The summed E-state index contributed by atoms with van der Waals surface area (Å²) in [5, 5.41) is 4.31. The van der Waals surface area contributed by atoms with Crippen molar-refractivity contribution in [3.63, 3.8) is 0 Å². The van der Waals surface area contributed by atoms with Crippen molar-refractivity contribution in [3.8, 4) is 0 Å². The Morgan fingerprint density at radius 1 is 1.46 bits per heavy atom. The highest BCUT2D eigenvalue weighted by molar-refractivity contribution is 5.27. The van der Waals surface area contributed by atoms with Gasteiger partial charge in [-0.2, -0.15) is 5.10 Å². The summed E-state index contributed by atoms with van der Waals surface area (Å²) < 4.78 is 2.18. The van der Waals surface area contributed by atoms with E-state index in [2.05, 4.69) is 36.6 Å². The molecule has 0 amide bonds. The van der Waals surface area contributed by atoms with Crippen LogP contribution in [0.5, 0.6) is 0 Å². The molecule has 0 bridgehead atoms. The van der Waals surface area contributed by atoms with Gasteiger partial charge in [-0.25, -0.2) is 0 Å². The SMILES string of the molecule is CC(C)(C)C1C2Cn3nccc3C21. The minimum Gasteiger partial charge on any atom is -0.269 e. The Bertz CT molecular complexity index is 345. The summed E-state index contributed by atoms with van der Waals surface area (Å²) in [5.74, 6) is 2.61. The maximum absolute atomic E-state index is 4.31. The number of fused-ring (bicyclic) bond motifs is 3. The predicted octanol–water partition coefficient (Wildman–Crippen LogP) is 2.27. The first kappa shape index (κ1) is 7.60. The molecule has 3 atom stereocenters. The van der Waals surface area contributed by atoms with E-state index in [4.69, 9.17) is 0 Å². The van der Waals surface area contributed by atoms with Gasteiger partial charge in [0.25, 0.3) is 0 Å². The molecule has 2 heterocycles. The molecule has 13 heavy (non-hydrogen) atoms. The summed E-state index contributed by atoms with van der Waals surface area (Å²) in [6.45, 7) is 8.24. The Labute approximate surface area is 78.9 Å². The van der Waals surface area contributed by atoms with Gasteiger partial charge in [0.05, 0.1) is 0 Å².